The van der Waals surface area contributed by atoms with E-state index in [-0.39, 0.29) is 12.0 Å². The fourth-order valence-corrected chi connectivity index (χ4v) is 1.78. The Kier molecular flexibility index (Phi) is 4.99. The van der Waals surface area contributed by atoms with E-state index in [0.29, 0.717) is 12.1 Å². The molecule has 0 aromatic heterocycles. The first-order valence-electron chi connectivity index (χ1n) is 4.77. The predicted octanol–water partition coefficient (Wildman–Crippen LogP) is 1.67. The highest BCUT2D eigenvalue weighted by Crippen LogP contribution is 2.11. The standard InChI is InChI=1S/C10H21NO2/c1-7(2)11(8(3)4)9(5)10(12)13-6/h7-9H,1-6H3/t9-/m0/s1. The van der Waals surface area contributed by atoms with Crippen molar-refractivity contribution in [3.8, 4) is 0 Å². The number of hydrogen-bond acceptors (Lipinski definition) is 3. The molecule has 1 atom stereocenters. The van der Waals surface area contributed by atoms with Crippen molar-refractivity contribution in [3.63, 3.8) is 0 Å². The molecule has 0 aliphatic heterocycles. The lowest BCUT2D eigenvalue weighted by Gasteiger charge is -2.34. The highest BCUT2D eigenvalue weighted by Gasteiger charge is 2.26. The van der Waals surface area contributed by atoms with Crippen LogP contribution < -0.4 is 0 Å². The van der Waals surface area contributed by atoms with E-state index >= 15 is 0 Å². The largest absolute Gasteiger partial charge is 0.468 e. The van der Waals surface area contributed by atoms with E-state index in [1.807, 2.05) is 6.92 Å². The molecule has 0 N–H and O–H groups in total. The summed E-state index contributed by atoms with van der Waals surface area (Å²) in [7, 11) is 1.43. The molecule has 0 heterocycles. The molecule has 0 rings (SSSR count). The number of rotatable bonds is 4. The number of hydrogen-bond donors (Lipinski definition) is 0. The van der Waals surface area contributed by atoms with Gasteiger partial charge in [0.05, 0.1) is 7.11 Å². The second kappa shape index (κ2) is 5.22. The van der Waals surface area contributed by atoms with E-state index in [9.17, 15) is 4.79 Å². The maximum Gasteiger partial charge on any atom is 0.322 e. The summed E-state index contributed by atoms with van der Waals surface area (Å²) in [5.74, 6) is -0.164. The minimum atomic E-state index is -0.164. The molecular formula is C10H21NO2. The Bertz CT molecular complexity index is 158. The van der Waals surface area contributed by atoms with E-state index in [4.69, 9.17) is 4.74 Å². The predicted molar refractivity (Wildman–Crippen MR) is 53.6 cm³/mol. The zero-order chi connectivity index (χ0) is 10.6. The summed E-state index contributed by atoms with van der Waals surface area (Å²) in [6, 6.07) is 0.549. The van der Waals surface area contributed by atoms with E-state index in [1.54, 1.807) is 0 Å². The lowest BCUT2D eigenvalue weighted by atomic mass is 10.1. The van der Waals surface area contributed by atoms with Crippen LogP contribution in [0.1, 0.15) is 34.6 Å². The van der Waals surface area contributed by atoms with Gasteiger partial charge >= 0.3 is 5.97 Å². The number of carbonyl (C=O) groups is 1. The third-order valence-corrected chi connectivity index (χ3v) is 2.18. The first-order valence-corrected chi connectivity index (χ1v) is 4.77. The Morgan fingerprint density at radius 3 is 1.69 bits per heavy atom. The monoisotopic (exact) mass is 187 g/mol. The average molecular weight is 187 g/mol. The maximum absolute atomic E-state index is 11.3. The van der Waals surface area contributed by atoms with Gasteiger partial charge in [0.25, 0.3) is 0 Å². The van der Waals surface area contributed by atoms with Crippen molar-refractivity contribution >= 4 is 5.97 Å². The van der Waals surface area contributed by atoms with Crippen LogP contribution in [0, 0.1) is 0 Å². The van der Waals surface area contributed by atoms with Crippen LogP contribution in [0.5, 0.6) is 0 Å². The SMILES string of the molecule is COC(=O)[C@H](C)N(C(C)C)C(C)C. The molecule has 0 fully saturated rings. The van der Waals surface area contributed by atoms with Crippen LogP contribution in [-0.4, -0.2) is 36.1 Å². The Hall–Kier alpha value is -0.570. The molecule has 78 valence electrons. The third kappa shape index (κ3) is 3.35. The molecular weight excluding hydrogens is 166 g/mol. The van der Waals surface area contributed by atoms with Crippen LogP contribution >= 0.6 is 0 Å². The molecule has 0 unspecified atom stereocenters. The van der Waals surface area contributed by atoms with E-state index < -0.39 is 0 Å². The number of carbonyl (C=O) groups excluding carboxylic acids is 1. The van der Waals surface area contributed by atoms with Gasteiger partial charge in [-0.25, -0.2) is 0 Å². The summed E-state index contributed by atoms with van der Waals surface area (Å²) in [5, 5.41) is 0. The normalized spacial score (nSPS) is 13.9. The topological polar surface area (TPSA) is 29.5 Å². The van der Waals surface area contributed by atoms with Crippen LogP contribution in [0.2, 0.25) is 0 Å². The lowest BCUT2D eigenvalue weighted by Crippen LogP contribution is -2.47. The Labute approximate surface area is 81.1 Å². The number of methoxy groups -OCH3 is 1. The smallest absolute Gasteiger partial charge is 0.322 e. The van der Waals surface area contributed by atoms with Gasteiger partial charge in [0, 0.05) is 12.1 Å². The van der Waals surface area contributed by atoms with E-state index in [0.717, 1.165) is 0 Å². The first kappa shape index (κ1) is 12.4. The average Bonchev–Trinajstić information content (AvgIpc) is 2.01. The molecule has 0 saturated carbocycles. The van der Waals surface area contributed by atoms with Crippen LogP contribution in [0.25, 0.3) is 0 Å². The van der Waals surface area contributed by atoms with Crippen molar-refractivity contribution in [2.75, 3.05) is 7.11 Å². The second-order valence-electron chi connectivity index (χ2n) is 3.83. The van der Waals surface area contributed by atoms with Crippen molar-refractivity contribution in [1.82, 2.24) is 4.90 Å². The number of esters is 1. The molecule has 0 aliphatic carbocycles. The molecule has 0 amide bonds. The quantitative estimate of drug-likeness (QED) is 0.627. The number of ether oxygens (including phenoxy) is 1. The Morgan fingerprint density at radius 2 is 1.46 bits per heavy atom. The van der Waals surface area contributed by atoms with Crippen molar-refractivity contribution in [2.24, 2.45) is 0 Å². The summed E-state index contributed by atoms with van der Waals surface area (Å²) in [6.45, 7) is 10.2. The van der Waals surface area contributed by atoms with Crippen LogP contribution in [-0.2, 0) is 9.53 Å². The minimum Gasteiger partial charge on any atom is -0.468 e. The fourth-order valence-electron chi connectivity index (χ4n) is 1.78. The summed E-state index contributed by atoms with van der Waals surface area (Å²) < 4.78 is 4.71. The van der Waals surface area contributed by atoms with E-state index in [2.05, 4.69) is 32.6 Å². The third-order valence-electron chi connectivity index (χ3n) is 2.18. The van der Waals surface area contributed by atoms with Gasteiger partial charge in [0.2, 0.25) is 0 Å². The lowest BCUT2D eigenvalue weighted by molar-refractivity contribution is -0.147. The van der Waals surface area contributed by atoms with Crippen molar-refractivity contribution < 1.29 is 9.53 Å². The van der Waals surface area contributed by atoms with Crippen molar-refractivity contribution in [3.05, 3.63) is 0 Å². The molecule has 0 aromatic carbocycles. The fraction of sp³-hybridized carbons (Fsp3) is 0.900. The van der Waals surface area contributed by atoms with Crippen LogP contribution in [0.3, 0.4) is 0 Å². The van der Waals surface area contributed by atoms with E-state index in [1.165, 1.54) is 7.11 Å². The molecule has 3 nitrogen and oxygen atoms in total. The molecule has 0 saturated heterocycles. The molecule has 13 heavy (non-hydrogen) atoms. The summed E-state index contributed by atoms with van der Waals surface area (Å²) in [5.41, 5.74) is 0. The van der Waals surface area contributed by atoms with Gasteiger partial charge in [-0.2, -0.15) is 0 Å². The van der Waals surface area contributed by atoms with Gasteiger partial charge in [-0.05, 0) is 34.6 Å². The van der Waals surface area contributed by atoms with Gasteiger partial charge in [-0.1, -0.05) is 0 Å². The molecule has 0 aliphatic rings. The highest BCUT2D eigenvalue weighted by molar-refractivity contribution is 5.75. The van der Waals surface area contributed by atoms with Gasteiger partial charge in [-0.3, -0.25) is 9.69 Å². The molecule has 3 heteroatoms. The Balaban J connectivity index is 4.46. The second-order valence-corrected chi connectivity index (χ2v) is 3.83. The number of nitrogens with zero attached hydrogens (tertiary/aromatic N) is 1. The highest BCUT2D eigenvalue weighted by atomic mass is 16.5. The van der Waals surface area contributed by atoms with Gasteiger partial charge in [0.15, 0.2) is 0 Å². The van der Waals surface area contributed by atoms with Crippen molar-refractivity contribution in [1.29, 1.82) is 0 Å². The first-order chi connectivity index (χ1) is 5.91. The summed E-state index contributed by atoms with van der Waals surface area (Å²) >= 11 is 0. The summed E-state index contributed by atoms with van der Waals surface area (Å²) in [4.78, 5) is 13.4. The Morgan fingerprint density at radius 1 is 1.08 bits per heavy atom. The van der Waals surface area contributed by atoms with Crippen LogP contribution in [0.4, 0.5) is 0 Å². The van der Waals surface area contributed by atoms with Gasteiger partial charge in [0.1, 0.15) is 6.04 Å². The zero-order valence-electron chi connectivity index (χ0n) is 9.50. The molecule has 0 radical (unpaired) electrons. The molecule has 0 spiro atoms. The van der Waals surface area contributed by atoms with Gasteiger partial charge < -0.3 is 4.74 Å². The van der Waals surface area contributed by atoms with Crippen molar-refractivity contribution in [2.45, 2.75) is 52.7 Å². The summed E-state index contributed by atoms with van der Waals surface area (Å²) in [6.07, 6.45) is 0. The van der Waals surface area contributed by atoms with Crippen LogP contribution in [0.15, 0.2) is 0 Å². The minimum absolute atomic E-state index is 0.162. The molecule has 0 aromatic rings. The maximum atomic E-state index is 11.3. The zero-order valence-corrected chi connectivity index (χ0v) is 9.50. The molecule has 0 bridgehead atoms. The van der Waals surface area contributed by atoms with Gasteiger partial charge in [-0.15, -0.1) is 0 Å².